The van der Waals surface area contributed by atoms with Crippen LogP contribution in [0.3, 0.4) is 0 Å². The Morgan fingerprint density at radius 1 is 1.12 bits per heavy atom. The molecule has 0 atom stereocenters. The monoisotopic (exact) mass is 358 g/mol. The van der Waals surface area contributed by atoms with E-state index in [0.717, 1.165) is 18.5 Å². The topological polar surface area (TPSA) is 49.9 Å². The van der Waals surface area contributed by atoms with Gasteiger partial charge in [0.25, 0.3) is 0 Å². The predicted octanol–water partition coefficient (Wildman–Crippen LogP) is 3.67. The zero-order valence-corrected chi connectivity index (χ0v) is 16.8. The van der Waals surface area contributed by atoms with Crippen molar-refractivity contribution in [1.29, 1.82) is 0 Å². The fourth-order valence-corrected chi connectivity index (χ4v) is 3.82. The third-order valence-corrected chi connectivity index (χ3v) is 5.33. The number of hydrogen-bond donors (Lipinski definition) is 0. The zero-order valence-electron chi connectivity index (χ0n) is 16.8. The first kappa shape index (κ1) is 18.7. The number of benzene rings is 1. The van der Waals surface area contributed by atoms with E-state index in [1.54, 1.807) is 9.80 Å². The first-order valence-corrected chi connectivity index (χ1v) is 9.39. The van der Waals surface area contributed by atoms with Gasteiger partial charge in [-0.25, -0.2) is 4.79 Å². The highest BCUT2D eigenvalue weighted by molar-refractivity contribution is 5.97. The normalized spacial score (nSPS) is 19.5. The Labute approximate surface area is 156 Å². The summed E-state index contributed by atoms with van der Waals surface area (Å²) < 4.78 is 5.53. The summed E-state index contributed by atoms with van der Waals surface area (Å²) >= 11 is 0. The first-order valence-electron chi connectivity index (χ1n) is 9.39. The van der Waals surface area contributed by atoms with Crippen LogP contribution in [0.1, 0.15) is 57.7 Å². The summed E-state index contributed by atoms with van der Waals surface area (Å²) in [6.45, 7) is 11.2. The maximum atomic E-state index is 12.4. The van der Waals surface area contributed by atoms with Crippen molar-refractivity contribution >= 4 is 17.7 Å². The number of amides is 2. The molecule has 2 aliphatic heterocycles. The van der Waals surface area contributed by atoms with Crippen molar-refractivity contribution in [3.63, 3.8) is 0 Å². The average Bonchev–Trinajstić information content (AvgIpc) is 2.71. The fourth-order valence-electron chi connectivity index (χ4n) is 3.82. The molecule has 5 nitrogen and oxygen atoms in total. The average molecular weight is 358 g/mol. The maximum absolute atomic E-state index is 12.4. The molecule has 0 radical (unpaired) electrons. The Morgan fingerprint density at radius 3 is 2.27 bits per heavy atom. The van der Waals surface area contributed by atoms with Gasteiger partial charge in [-0.2, -0.15) is 0 Å². The minimum Gasteiger partial charge on any atom is -0.444 e. The Hall–Kier alpha value is -2.04. The summed E-state index contributed by atoms with van der Waals surface area (Å²) in [4.78, 5) is 28.3. The van der Waals surface area contributed by atoms with Gasteiger partial charge in [-0.3, -0.25) is 4.79 Å². The third-order valence-electron chi connectivity index (χ3n) is 5.33. The van der Waals surface area contributed by atoms with Crippen LogP contribution in [0.15, 0.2) is 12.1 Å². The molecule has 1 aromatic rings. The van der Waals surface area contributed by atoms with Gasteiger partial charge >= 0.3 is 6.09 Å². The highest BCUT2D eigenvalue weighted by Gasteiger charge is 2.36. The second-order valence-corrected chi connectivity index (χ2v) is 9.12. The van der Waals surface area contributed by atoms with E-state index < -0.39 is 5.60 Å². The van der Waals surface area contributed by atoms with Crippen molar-refractivity contribution in [3.8, 4) is 0 Å². The maximum Gasteiger partial charge on any atom is 0.410 e. The Morgan fingerprint density at radius 2 is 1.69 bits per heavy atom. The van der Waals surface area contributed by atoms with Crippen molar-refractivity contribution < 1.29 is 14.3 Å². The number of carbonyl (C=O) groups excluding carboxylic acids is 2. The zero-order chi connectivity index (χ0) is 19.3. The van der Waals surface area contributed by atoms with E-state index in [4.69, 9.17) is 4.74 Å². The lowest BCUT2D eigenvalue weighted by molar-refractivity contribution is -0.119. The molecular weight excluding hydrogens is 328 g/mol. The lowest BCUT2D eigenvalue weighted by Gasteiger charge is -2.37. The van der Waals surface area contributed by atoms with E-state index >= 15 is 0 Å². The SMILES string of the molecule is CN1C(=O)CC(C)(C)c2cc3c(cc21)CCN(C(=O)OC(C)(C)C)CC3. The van der Waals surface area contributed by atoms with E-state index in [9.17, 15) is 9.59 Å². The molecule has 0 unspecified atom stereocenters. The first-order chi connectivity index (χ1) is 12.0. The van der Waals surface area contributed by atoms with Crippen LogP contribution in [0.2, 0.25) is 0 Å². The van der Waals surface area contributed by atoms with Crippen LogP contribution in [0.5, 0.6) is 0 Å². The predicted molar refractivity (Wildman–Crippen MR) is 103 cm³/mol. The van der Waals surface area contributed by atoms with Gasteiger partial charge in [-0.15, -0.1) is 0 Å². The number of anilines is 1. The standard InChI is InChI=1S/C21H30N2O3/c1-20(2,3)26-19(25)23-9-7-14-11-16-17(12-15(14)8-10-23)22(6)18(24)13-21(16,4)5/h11-12H,7-10,13H2,1-6H3. The summed E-state index contributed by atoms with van der Waals surface area (Å²) in [6, 6.07) is 4.41. The van der Waals surface area contributed by atoms with Crippen LogP contribution in [-0.4, -0.2) is 42.6 Å². The number of rotatable bonds is 0. The molecule has 0 fully saturated rings. The smallest absolute Gasteiger partial charge is 0.410 e. The summed E-state index contributed by atoms with van der Waals surface area (Å²) in [5, 5.41) is 0. The van der Waals surface area contributed by atoms with E-state index in [1.165, 1.54) is 16.7 Å². The summed E-state index contributed by atoms with van der Waals surface area (Å²) in [5.41, 5.74) is 4.10. The van der Waals surface area contributed by atoms with Crippen LogP contribution in [0.25, 0.3) is 0 Å². The second kappa shape index (κ2) is 6.29. The number of fused-ring (bicyclic) bond motifs is 2. The van der Waals surface area contributed by atoms with Crippen molar-refractivity contribution in [2.75, 3.05) is 25.0 Å². The Kier molecular flexibility index (Phi) is 4.53. The van der Waals surface area contributed by atoms with Crippen LogP contribution in [-0.2, 0) is 27.8 Å². The third kappa shape index (κ3) is 3.57. The molecule has 0 saturated heterocycles. The van der Waals surface area contributed by atoms with Crippen LogP contribution < -0.4 is 4.90 Å². The quantitative estimate of drug-likeness (QED) is 0.711. The number of nitrogens with zero attached hydrogens (tertiary/aromatic N) is 2. The van der Waals surface area contributed by atoms with Crippen molar-refractivity contribution in [3.05, 3.63) is 28.8 Å². The van der Waals surface area contributed by atoms with Crippen molar-refractivity contribution in [2.24, 2.45) is 0 Å². The van der Waals surface area contributed by atoms with Crippen LogP contribution in [0, 0.1) is 0 Å². The number of hydrogen-bond acceptors (Lipinski definition) is 3. The summed E-state index contributed by atoms with van der Waals surface area (Å²) in [6.07, 6.45) is 1.88. The van der Waals surface area contributed by atoms with Gasteiger partial charge in [0.05, 0.1) is 0 Å². The molecule has 5 heteroatoms. The highest BCUT2D eigenvalue weighted by atomic mass is 16.6. The minimum absolute atomic E-state index is 0.159. The van der Waals surface area contributed by atoms with E-state index in [2.05, 4.69) is 26.0 Å². The molecule has 2 aliphatic rings. The molecule has 0 bridgehead atoms. The molecule has 26 heavy (non-hydrogen) atoms. The molecule has 1 aromatic carbocycles. The fraction of sp³-hybridized carbons (Fsp3) is 0.619. The van der Waals surface area contributed by atoms with Crippen molar-refractivity contribution in [2.45, 2.75) is 64.9 Å². The molecule has 3 rings (SSSR count). The number of carbonyl (C=O) groups is 2. The van der Waals surface area contributed by atoms with Crippen molar-refractivity contribution in [1.82, 2.24) is 4.90 Å². The summed E-state index contributed by atoms with van der Waals surface area (Å²) in [7, 11) is 1.85. The van der Waals surface area contributed by atoms with E-state index in [1.807, 2.05) is 27.8 Å². The molecule has 0 aliphatic carbocycles. The molecule has 2 heterocycles. The largest absolute Gasteiger partial charge is 0.444 e. The Balaban J connectivity index is 1.88. The molecule has 0 N–H and O–H groups in total. The molecule has 2 amide bonds. The second-order valence-electron chi connectivity index (χ2n) is 9.12. The molecule has 0 aromatic heterocycles. The Bertz CT molecular complexity index is 746. The van der Waals surface area contributed by atoms with Gasteiger partial charge in [0.2, 0.25) is 5.91 Å². The van der Waals surface area contributed by atoms with Gasteiger partial charge < -0.3 is 14.5 Å². The molecular formula is C21H30N2O3. The molecule has 0 spiro atoms. The summed E-state index contributed by atoms with van der Waals surface area (Å²) in [5.74, 6) is 0.159. The van der Waals surface area contributed by atoms with Gasteiger partial charge in [-0.1, -0.05) is 19.9 Å². The van der Waals surface area contributed by atoms with E-state index in [0.29, 0.717) is 19.5 Å². The van der Waals surface area contributed by atoms with Gasteiger partial charge in [-0.05, 0) is 56.4 Å². The van der Waals surface area contributed by atoms with Gasteiger partial charge in [0.15, 0.2) is 0 Å². The van der Waals surface area contributed by atoms with Gasteiger partial charge in [0.1, 0.15) is 5.60 Å². The molecule has 0 saturated carbocycles. The van der Waals surface area contributed by atoms with Gasteiger partial charge in [0, 0.05) is 37.7 Å². The van der Waals surface area contributed by atoms with Crippen LogP contribution in [0.4, 0.5) is 10.5 Å². The molecule has 142 valence electrons. The van der Waals surface area contributed by atoms with E-state index in [-0.39, 0.29) is 17.4 Å². The highest BCUT2D eigenvalue weighted by Crippen LogP contribution is 2.41. The lowest BCUT2D eigenvalue weighted by atomic mass is 9.76. The lowest BCUT2D eigenvalue weighted by Crippen LogP contribution is -2.39. The number of ether oxygens (including phenoxy) is 1. The van der Waals surface area contributed by atoms with Crippen LogP contribution >= 0.6 is 0 Å². The minimum atomic E-state index is -0.484.